The third-order valence-electron chi connectivity index (χ3n) is 3.11. The van der Waals surface area contributed by atoms with Crippen LogP contribution in [0.4, 0.5) is 0 Å². The van der Waals surface area contributed by atoms with Crippen LogP contribution in [0.2, 0.25) is 0 Å². The van der Waals surface area contributed by atoms with Gasteiger partial charge in [0.05, 0.1) is 0 Å². The molecule has 0 aromatic heterocycles. The summed E-state index contributed by atoms with van der Waals surface area (Å²) >= 11 is 0. The van der Waals surface area contributed by atoms with E-state index in [0.29, 0.717) is 0 Å². The van der Waals surface area contributed by atoms with E-state index >= 15 is 0 Å². The Balaban J connectivity index is 4.03. The second-order valence-corrected chi connectivity index (χ2v) is 4.95. The molecule has 0 aliphatic rings. The zero-order valence-corrected chi connectivity index (χ0v) is 12.8. The highest BCUT2D eigenvalue weighted by Gasteiger charge is 1.91. The lowest BCUT2D eigenvalue weighted by atomic mass is 10.1. The van der Waals surface area contributed by atoms with Crippen LogP contribution in [-0.2, 0) is 0 Å². The maximum absolute atomic E-state index is 2.43. The van der Waals surface area contributed by atoms with Gasteiger partial charge in [0.25, 0.3) is 0 Å². The number of hydrogen-bond donors (Lipinski definition) is 0. The summed E-state index contributed by atoms with van der Waals surface area (Å²) < 4.78 is 0. The largest absolute Gasteiger partial charge is 0.0913 e. The molecule has 0 aromatic rings. The summed E-state index contributed by atoms with van der Waals surface area (Å²) in [4.78, 5) is 0. The Morgan fingerprint density at radius 1 is 0.833 bits per heavy atom. The van der Waals surface area contributed by atoms with Gasteiger partial charge in [-0.05, 0) is 38.2 Å². The van der Waals surface area contributed by atoms with Gasteiger partial charge in [-0.15, -0.1) is 0 Å². The monoisotopic (exact) mass is 248 g/mol. The minimum atomic E-state index is 1.09. The molecule has 0 fully saturated rings. The van der Waals surface area contributed by atoms with Crippen molar-refractivity contribution >= 4 is 0 Å². The van der Waals surface area contributed by atoms with Crippen LogP contribution < -0.4 is 0 Å². The van der Waals surface area contributed by atoms with E-state index in [4.69, 9.17) is 0 Å². The molecule has 0 atom stereocenters. The Labute approximate surface area is 115 Å². The van der Waals surface area contributed by atoms with Crippen LogP contribution in [0.3, 0.4) is 0 Å². The van der Waals surface area contributed by atoms with Crippen LogP contribution in [0.15, 0.2) is 36.0 Å². The number of allylic oxidation sites excluding steroid dienone is 6. The first-order valence-corrected chi connectivity index (χ1v) is 7.81. The van der Waals surface area contributed by atoms with Gasteiger partial charge >= 0.3 is 0 Å². The average Bonchev–Trinajstić information content (AvgIpc) is 2.39. The molecule has 0 heterocycles. The topological polar surface area (TPSA) is 0 Å². The molecule has 0 N–H and O–H groups in total. The standard InChI is InChI=1S/C18H32/c1-4-7-10-12-14-17-18(15-9-6-3)16-13-11-8-5-2/h6,9,13,16-17H,4-5,7-8,10-12,14-15H2,1-3H3. The van der Waals surface area contributed by atoms with Crippen LogP contribution in [-0.4, -0.2) is 0 Å². The molecule has 0 rings (SSSR count). The maximum Gasteiger partial charge on any atom is -0.0101 e. The molecule has 0 amide bonds. The highest BCUT2D eigenvalue weighted by atomic mass is 14.0. The van der Waals surface area contributed by atoms with E-state index in [1.54, 1.807) is 0 Å². The van der Waals surface area contributed by atoms with Crippen LogP contribution >= 0.6 is 0 Å². The minimum Gasteiger partial charge on any atom is -0.0913 e. The lowest BCUT2D eigenvalue weighted by molar-refractivity contribution is 0.673. The van der Waals surface area contributed by atoms with Crippen LogP contribution in [0.25, 0.3) is 0 Å². The highest BCUT2D eigenvalue weighted by Crippen LogP contribution is 2.11. The van der Waals surface area contributed by atoms with E-state index in [0.717, 1.165) is 6.42 Å². The summed E-state index contributed by atoms with van der Waals surface area (Å²) in [5, 5.41) is 0. The first-order chi connectivity index (χ1) is 8.85. The summed E-state index contributed by atoms with van der Waals surface area (Å²) in [6, 6.07) is 0. The molecule has 0 nitrogen and oxygen atoms in total. The van der Waals surface area contributed by atoms with Crippen molar-refractivity contribution in [1.29, 1.82) is 0 Å². The van der Waals surface area contributed by atoms with E-state index in [-0.39, 0.29) is 0 Å². The van der Waals surface area contributed by atoms with Crippen molar-refractivity contribution < 1.29 is 0 Å². The van der Waals surface area contributed by atoms with E-state index < -0.39 is 0 Å². The van der Waals surface area contributed by atoms with Crippen LogP contribution in [0, 0.1) is 0 Å². The zero-order chi connectivity index (χ0) is 13.5. The fraction of sp³-hybridized carbons (Fsp3) is 0.667. The Hall–Kier alpha value is -0.780. The van der Waals surface area contributed by atoms with Crippen molar-refractivity contribution in [2.24, 2.45) is 0 Å². The van der Waals surface area contributed by atoms with E-state index in [9.17, 15) is 0 Å². The quantitative estimate of drug-likeness (QED) is 0.220. The Morgan fingerprint density at radius 2 is 1.61 bits per heavy atom. The summed E-state index contributed by atoms with van der Waals surface area (Å²) in [6.45, 7) is 6.61. The molecule has 104 valence electrons. The first kappa shape index (κ1) is 17.2. The molecule has 0 aromatic carbocycles. The summed E-state index contributed by atoms with van der Waals surface area (Å²) in [5.74, 6) is 0. The summed E-state index contributed by atoms with van der Waals surface area (Å²) in [6.07, 6.45) is 23.1. The van der Waals surface area contributed by atoms with Gasteiger partial charge in [0.15, 0.2) is 0 Å². The van der Waals surface area contributed by atoms with Gasteiger partial charge in [-0.25, -0.2) is 0 Å². The van der Waals surface area contributed by atoms with Crippen molar-refractivity contribution in [3.63, 3.8) is 0 Å². The summed E-state index contributed by atoms with van der Waals surface area (Å²) in [5.41, 5.74) is 1.49. The lowest BCUT2D eigenvalue weighted by Crippen LogP contribution is -1.80. The van der Waals surface area contributed by atoms with Gasteiger partial charge in [-0.1, -0.05) is 76.3 Å². The van der Waals surface area contributed by atoms with Crippen LogP contribution in [0.5, 0.6) is 0 Å². The average molecular weight is 248 g/mol. The zero-order valence-electron chi connectivity index (χ0n) is 12.8. The lowest BCUT2D eigenvalue weighted by Gasteiger charge is -2.00. The third-order valence-corrected chi connectivity index (χ3v) is 3.11. The van der Waals surface area contributed by atoms with Gasteiger partial charge in [0.1, 0.15) is 0 Å². The fourth-order valence-electron chi connectivity index (χ4n) is 1.89. The molecule has 18 heavy (non-hydrogen) atoms. The predicted molar refractivity (Wildman–Crippen MR) is 84.9 cm³/mol. The molecule has 0 aliphatic carbocycles. The number of unbranched alkanes of at least 4 members (excludes halogenated alkanes) is 6. The molecule has 0 spiro atoms. The van der Waals surface area contributed by atoms with Gasteiger partial charge in [0.2, 0.25) is 0 Å². The van der Waals surface area contributed by atoms with Gasteiger partial charge < -0.3 is 0 Å². The van der Waals surface area contributed by atoms with Crippen molar-refractivity contribution in [3.8, 4) is 0 Å². The normalized spacial score (nSPS) is 12.9. The maximum atomic E-state index is 2.43. The minimum absolute atomic E-state index is 1.09. The Bertz CT molecular complexity index is 243. The molecule has 0 bridgehead atoms. The van der Waals surface area contributed by atoms with Crippen molar-refractivity contribution in [3.05, 3.63) is 36.0 Å². The van der Waals surface area contributed by atoms with Crippen molar-refractivity contribution in [2.45, 2.75) is 78.6 Å². The molecule has 0 saturated heterocycles. The second kappa shape index (κ2) is 14.3. The van der Waals surface area contributed by atoms with Gasteiger partial charge in [-0.3, -0.25) is 0 Å². The first-order valence-electron chi connectivity index (χ1n) is 7.81. The Kier molecular flexibility index (Phi) is 13.7. The van der Waals surface area contributed by atoms with Crippen LogP contribution in [0.1, 0.15) is 78.6 Å². The Morgan fingerprint density at radius 3 is 2.28 bits per heavy atom. The molecule has 0 unspecified atom stereocenters. The molecule has 0 aliphatic heterocycles. The van der Waals surface area contributed by atoms with Gasteiger partial charge in [0, 0.05) is 0 Å². The molecule has 0 radical (unpaired) electrons. The third kappa shape index (κ3) is 11.7. The fourth-order valence-corrected chi connectivity index (χ4v) is 1.89. The van der Waals surface area contributed by atoms with E-state index in [1.165, 1.54) is 56.9 Å². The van der Waals surface area contributed by atoms with E-state index in [1.807, 2.05) is 0 Å². The van der Waals surface area contributed by atoms with Gasteiger partial charge in [-0.2, -0.15) is 0 Å². The van der Waals surface area contributed by atoms with Crippen molar-refractivity contribution in [2.75, 3.05) is 0 Å². The molecule has 0 heteroatoms. The predicted octanol–water partition coefficient (Wildman–Crippen LogP) is 6.60. The highest BCUT2D eigenvalue weighted by molar-refractivity contribution is 5.21. The van der Waals surface area contributed by atoms with E-state index in [2.05, 4.69) is 51.2 Å². The molecule has 0 saturated carbocycles. The second-order valence-electron chi connectivity index (χ2n) is 4.95. The number of rotatable bonds is 11. The summed E-state index contributed by atoms with van der Waals surface area (Å²) in [7, 11) is 0. The molecular formula is C18H32. The SMILES string of the molecule is CC=CCC(C=CCCCC)=CCCCCCC. The van der Waals surface area contributed by atoms with Crippen molar-refractivity contribution in [1.82, 2.24) is 0 Å². The molecular weight excluding hydrogens is 216 g/mol. The smallest absolute Gasteiger partial charge is 0.0101 e. The number of hydrogen-bond acceptors (Lipinski definition) is 0.